The molecular formula is C23H27ClN6O. The predicted molar refractivity (Wildman–Crippen MR) is 120 cm³/mol. The van der Waals surface area contributed by atoms with Crippen molar-refractivity contribution in [3.8, 4) is 11.4 Å². The number of aryl methyl sites for hydroxylation is 2. The SMILES string of the molecule is Cc1noc(C(C)N2CCN(c3nc(-c4cccc(Cl)c4)nc4c3CCCC4)CC2)n1. The maximum Gasteiger partial charge on any atom is 0.243 e. The first kappa shape index (κ1) is 20.4. The molecule has 1 saturated heterocycles. The smallest absolute Gasteiger partial charge is 0.243 e. The van der Waals surface area contributed by atoms with Crippen molar-refractivity contribution in [3.63, 3.8) is 0 Å². The highest BCUT2D eigenvalue weighted by atomic mass is 35.5. The Labute approximate surface area is 187 Å². The zero-order chi connectivity index (χ0) is 21.4. The second kappa shape index (κ2) is 8.55. The molecule has 0 bridgehead atoms. The monoisotopic (exact) mass is 438 g/mol. The van der Waals surface area contributed by atoms with E-state index in [1.165, 1.54) is 24.1 Å². The van der Waals surface area contributed by atoms with Crippen LogP contribution >= 0.6 is 11.6 Å². The molecule has 0 N–H and O–H groups in total. The third kappa shape index (κ3) is 4.16. The van der Waals surface area contributed by atoms with Crippen LogP contribution in [-0.2, 0) is 12.8 Å². The molecule has 162 valence electrons. The molecule has 2 aromatic heterocycles. The van der Waals surface area contributed by atoms with Gasteiger partial charge in [-0.05, 0) is 51.7 Å². The fraction of sp³-hybridized carbons (Fsp3) is 0.478. The number of hydrogen-bond donors (Lipinski definition) is 0. The second-order valence-corrected chi connectivity index (χ2v) is 8.83. The maximum absolute atomic E-state index is 6.24. The van der Waals surface area contributed by atoms with Gasteiger partial charge >= 0.3 is 0 Å². The van der Waals surface area contributed by atoms with Crippen molar-refractivity contribution in [1.82, 2.24) is 25.0 Å². The molecule has 3 aromatic rings. The Hall–Kier alpha value is -2.51. The first-order valence-corrected chi connectivity index (χ1v) is 11.4. The van der Waals surface area contributed by atoms with Crippen LogP contribution in [0.4, 0.5) is 5.82 Å². The van der Waals surface area contributed by atoms with Crippen LogP contribution in [-0.4, -0.2) is 51.2 Å². The summed E-state index contributed by atoms with van der Waals surface area (Å²) in [4.78, 5) is 19.2. The highest BCUT2D eigenvalue weighted by Crippen LogP contribution is 2.32. The van der Waals surface area contributed by atoms with E-state index in [4.69, 9.17) is 26.1 Å². The average Bonchev–Trinajstić information content (AvgIpc) is 3.24. The van der Waals surface area contributed by atoms with Crippen LogP contribution in [0, 0.1) is 6.92 Å². The molecule has 7 nitrogen and oxygen atoms in total. The van der Waals surface area contributed by atoms with Crippen LogP contribution in [0.2, 0.25) is 5.02 Å². The van der Waals surface area contributed by atoms with Crippen LogP contribution in [0.1, 0.15) is 48.8 Å². The molecule has 0 amide bonds. The number of fused-ring (bicyclic) bond motifs is 1. The summed E-state index contributed by atoms with van der Waals surface area (Å²) in [6.45, 7) is 7.66. The number of nitrogens with zero attached hydrogens (tertiary/aromatic N) is 6. The highest BCUT2D eigenvalue weighted by molar-refractivity contribution is 6.30. The largest absolute Gasteiger partial charge is 0.354 e. The fourth-order valence-electron chi connectivity index (χ4n) is 4.55. The van der Waals surface area contributed by atoms with Gasteiger partial charge in [-0.3, -0.25) is 4.90 Å². The molecule has 0 spiro atoms. The second-order valence-electron chi connectivity index (χ2n) is 8.39. The van der Waals surface area contributed by atoms with E-state index < -0.39 is 0 Å². The summed E-state index contributed by atoms with van der Waals surface area (Å²) >= 11 is 6.24. The Kier molecular flexibility index (Phi) is 5.63. The van der Waals surface area contributed by atoms with Crippen LogP contribution in [0.15, 0.2) is 28.8 Å². The van der Waals surface area contributed by atoms with Crippen molar-refractivity contribution in [2.45, 2.75) is 45.6 Å². The van der Waals surface area contributed by atoms with E-state index in [0.717, 1.165) is 56.2 Å². The zero-order valence-corrected chi connectivity index (χ0v) is 18.8. The lowest BCUT2D eigenvalue weighted by Crippen LogP contribution is -2.48. The van der Waals surface area contributed by atoms with Gasteiger partial charge in [-0.1, -0.05) is 28.9 Å². The van der Waals surface area contributed by atoms with Crippen molar-refractivity contribution in [1.29, 1.82) is 0 Å². The van der Waals surface area contributed by atoms with Gasteiger partial charge in [-0.15, -0.1) is 0 Å². The van der Waals surface area contributed by atoms with Crippen LogP contribution in [0.5, 0.6) is 0 Å². The summed E-state index contributed by atoms with van der Waals surface area (Å²) < 4.78 is 5.39. The summed E-state index contributed by atoms with van der Waals surface area (Å²) in [6, 6.07) is 7.94. The Balaban J connectivity index is 1.40. The number of anilines is 1. The number of benzene rings is 1. The van der Waals surface area contributed by atoms with Crippen molar-refractivity contribution in [2.75, 3.05) is 31.1 Å². The average molecular weight is 439 g/mol. The Morgan fingerprint density at radius 2 is 1.84 bits per heavy atom. The summed E-state index contributed by atoms with van der Waals surface area (Å²) in [5.41, 5.74) is 3.50. The first-order chi connectivity index (χ1) is 15.1. The van der Waals surface area contributed by atoms with E-state index in [1.807, 2.05) is 31.2 Å². The number of hydrogen-bond acceptors (Lipinski definition) is 7. The van der Waals surface area contributed by atoms with E-state index >= 15 is 0 Å². The minimum Gasteiger partial charge on any atom is -0.354 e. The fourth-order valence-corrected chi connectivity index (χ4v) is 4.74. The molecule has 5 rings (SSSR count). The zero-order valence-electron chi connectivity index (χ0n) is 18.0. The number of aromatic nitrogens is 4. The molecule has 1 unspecified atom stereocenters. The van der Waals surface area contributed by atoms with Gasteiger partial charge in [-0.25, -0.2) is 9.97 Å². The lowest BCUT2D eigenvalue weighted by molar-refractivity contribution is 0.164. The lowest BCUT2D eigenvalue weighted by Gasteiger charge is -2.38. The van der Waals surface area contributed by atoms with E-state index in [1.54, 1.807) is 0 Å². The van der Waals surface area contributed by atoms with E-state index in [9.17, 15) is 0 Å². The molecule has 1 fully saturated rings. The van der Waals surface area contributed by atoms with Gasteiger partial charge in [0, 0.05) is 48.0 Å². The van der Waals surface area contributed by atoms with Gasteiger partial charge in [0.2, 0.25) is 5.89 Å². The normalized spacial score (nSPS) is 18.1. The van der Waals surface area contributed by atoms with Crippen LogP contribution in [0.25, 0.3) is 11.4 Å². The Morgan fingerprint density at radius 1 is 1.03 bits per heavy atom. The lowest BCUT2D eigenvalue weighted by atomic mass is 9.95. The molecule has 0 saturated carbocycles. The number of piperazine rings is 1. The third-order valence-corrected chi connectivity index (χ3v) is 6.54. The minimum atomic E-state index is 0.115. The molecule has 31 heavy (non-hydrogen) atoms. The highest BCUT2D eigenvalue weighted by Gasteiger charge is 2.29. The molecule has 8 heteroatoms. The molecule has 2 aliphatic rings. The topological polar surface area (TPSA) is 71.2 Å². The minimum absolute atomic E-state index is 0.115. The molecule has 1 aliphatic carbocycles. The van der Waals surface area contributed by atoms with Gasteiger partial charge in [0.25, 0.3) is 0 Å². The third-order valence-electron chi connectivity index (χ3n) is 6.31. The summed E-state index contributed by atoms with van der Waals surface area (Å²) in [6.07, 6.45) is 4.46. The maximum atomic E-state index is 6.24. The van der Waals surface area contributed by atoms with Crippen LogP contribution in [0.3, 0.4) is 0 Å². The van der Waals surface area contributed by atoms with Crippen molar-refractivity contribution >= 4 is 17.4 Å². The van der Waals surface area contributed by atoms with E-state index in [2.05, 4.69) is 26.9 Å². The Bertz CT molecular complexity index is 1080. The number of rotatable bonds is 4. The first-order valence-electron chi connectivity index (χ1n) is 11.0. The molecule has 1 atom stereocenters. The van der Waals surface area contributed by atoms with E-state index in [-0.39, 0.29) is 6.04 Å². The summed E-state index contributed by atoms with van der Waals surface area (Å²) in [5, 5.41) is 4.65. The van der Waals surface area contributed by atoms with Gasteiger partial charge < -0.3 is 9.42 Å². The number of halogens is 1. The summed E-state index contributed by atoms with van der Waals surface area (Å²) in [7, 11) is 0. The van der Waals surface area contributed by atoms with Crippen molar-refractivity contribution in [2.24, 2.45) is 0 Å². The molecule has 3 heterocycles. The predicted octanol–water partition coefficient (Wildman–Crippen LogP) is 4.25. The van der Waals surface area contributed by atoms with Gasteiger partial charge in [0.15, 0.2) is 11.6 Å². The van der Waals surface area contributed by atoms with E-state index in [0.29, 0.717) is 16.7 Å². The van der Waals surface area contributed by atoms with Gasteiger partial charge in [0.05, 0.1) is 6.04 Å². The molecule has 1 aromatic carbocycles. The molecule has 0 radical (unpaired) electrons. The van der Waals surface area contributed by atoms with Crippen molar-refractivity contribution < 1.29 is 4.52 Å². The quantitative estimate of drug-likeness (QED) is 0.602. The summed E-state index contributed by atoms with van der Waals surface area (Å²) in [5.74, 6) is 3.24. The van der Waals surface area contributed by atoms with Gasteiger partial charge in [0.1, 0.15) is 5.82 Å². The van der Waals surface area contributed by atoms with Gasteiger partial charge in [-0.2, -0.15) is 4.98 Å². The molecular weight excluding hydrogens is 412 g/mol. The van der Waals surface area contributed by atoms with Crippen molar-refractivity contribution in [3.05, 3.63) is 52.3 Å². The standard InChI is InChI=1S/C23H27ClN6O/c1-15(23-25-16(2)28-31-23)29-10-12-30(13-11-29)22-19-8-3-4-9-20(19)26-21(27-22)17-6-5-7-18(24)14-17/h5-7,14-15H,3-4,8-13H2,1-2H3. The molecule has 1 aliphatic heterocycles. The van der Waals surface area contributed by atoms with Crippen LogP contribution < -0.4 is 4.90 Å². The Morgan fingerprint density at radius 3 is 2.58 bits per heavy atom.